The van der Waals surface area contributed by atoms with Crippen molar-refractivity contribution in [3.05, 3.63) is 46.9 Å². The molecule has 3 aromatic rings. The van der Waals surface area contributed by atoms with Crippen LogP contribution in [0.5, 0.6) is 5.75 Å². The van der Waals surface area contributed by atoms with E-state index in [0.29, 0.717) is 13.0 Å². The van der Waals surface area contributed by atoms with Crippen molar-refractivity contribution in [2.75, 3.05) is 44.9 Å². The Bertz CT molecular complexity index is 992. The number of fused-ring (bicyclic) bond motifs is 1. The molecule has 0 aliphatic heterocycles. The van der Waals surface area contributed by atoms with Gasteiger partial charge in [0.25, 0.3) is 0 Å². The number of ether oxygens (including phenoxy) is 1. The van der Waals surface area contributed by atoms with Crippen LogP contribution in [0.4, 0.5) is 5.13 Å². The minimum Gasteiger partial charge on any atom is -0.497 e. The Morgan fingerprint density at radius 2 is 1.90 bits per heavy atom. The molecule has 0 saturated carbocycles. The Balaban J connectivity index is 1.60. The Kier molecular flexibility index (Phi) is 9.19. The summed E-state index contributed by atoms with van der Waals surface area (Å²) in [7, 11) is 5.78. The summed E-state index contributed by atoms with van der Waals surface area (Å²) in [5.41, 5.74) is 0.934. The number of methoxy groups -OCH3 is 1. The highest BCUT2D eigenvalue weighted by Crippen LogP contribution is 2.31. The average Bonchev–Trinajstić information content (AvgIpc) is 3.17. The average molecular weight is 523 g/mol. The lowest BCUT2D eigenvalue weighted by Crippen LogP contribution is -2.33. The van der Waals surface area contributed by atoms with Crippen LogP contribution in [-0.2, 0) is 4.79 Å². The van der Waals surface area contributed by atoms with E-state index >= 15 is 0 Å². The van der Waals surface area contributed by atoms with Gasteiger partial charge in [0.2, 0.25) is 5.91 Å². The van der Waals surface area contributed by atoms with Gasteiger partial charge in [-0.2, -0.15) is 0 Å². The van der Waals surface area contributed by atoms with Crippen molar-refractivity contribution < 1.29 is 9.53 Å². The maximum Gasteiger partial charge on any atom is 0.228 e. The molecule has 0 N–H and O–H groups in total. The van der Waals surface area contributed by atoms with E-state index in [2.05, 4.69) is 53.1 Å². The molecule has 1 heterocycles. The first-order valence-electron chi connectivity index (χ1n) is 10.2. The summed E-state index contributed by atoms with van der Waals surface area (Å²) >= 11 is 6.86. The number of benzene rings is 2. The van der Waals surface area contributed by atoms with Gasteiger partial charge in [0.05, 0.1) is 17.3 Å². The van der Waals surface area contributed by atoms with E-state index in [1.807, 2.05) is 29.2 Å². The fraction of sp³-hybridized carbons (Fsp3) is 0.391. The Morgan fingerprint density at radius 3 is 2.61 bits per heavy atom. The number of nitrogens with zero attached hydrogens (tertiary/aromatic N) is 3. The number of carbonyl (C=O) groups excluding carboxylic acids is 1. The van der Waals surface area contributed by atoms with Gasteiger partial charge in [-0.05, 0) is 81.7 Å². The summed E-state index contributed by atoms with van der Waals surface area (Å²) < 4.78 is 7.31. The smallest absolute Gasteiger partial charge is 0.228 e. The lowest BCUT2D eigenvalue weighted by Gasteiger charge is -2.21. The highest BCUT2D eigenvalue weighted by Gasteiger charge is 2.19. The van der Waals surface area contributed by atoms with Crippen LogP contribution in [0.15, 0.2) is 51.8 Å². The van der Waals surface area contributed by atoms with Crippen LogP contribution in [-0.4, -0.2) is 55.8 Å². The van der Waals surface area contributed by atoms with E-state index in [1.165, 1.54) is 4.90 Å². The van der Waals surface area contributed by atoms with Crippen molar-refractivity contribution in [3.63, 3.8) is 0 Å². The molecule has 0 aliphatic carbocycles. The van der Waals surface area contributed by atoms with Gasteiger partial charge < -0.3 is 9.64 Å². The molecule has 0 unspecified atom stereocenters. The molecule has 5 nitrogen and oxygen atoms in total. The van der Waals surface area contributed by atoms with Crippen molar-refractivity contribution >= 4 is 60.3 Å². The van der Waals surface area contributed by atoms with Gasteiger partial charge in [-0.3, -0.25) is 9.69 Å². The maximum absolute atomic E-state index is 13.1. The fourth-order valence-electron chi connectivity index (χ4n) is 3.09. The zero-order valence-corrected chi connectivity index (χ0v) is 21.4. The van der Waals surface area contributed by atoms with Gasteiger partial charge >= 0.3 is 0 Å². The number of aromatic nitrogens is 1. The molecule has 1 amide bonds. The van der Waals surface area contributed by atoms with E-state index in [1.54, 1.807) is 30.2 Å². The minimum atomic E-state index is 0.146. The molecule has 1 aromatic heterocycles. The number of carbonyl (C=O) groups is 1. The number of thioether (sulfide) groups is 1. The van der Waals surface area contributed by atoms with Crippen LogP contribution < -0.4 is 9.64 Å². The number of amides is 1. The third-order valence-corrected chi connectivity index (χ3v) is 7.35. The maximum atomic E-state index is 13.1. The Labute approximate surface area is 200 Å². The quantitative estimate of drug-likeness (QED) is 0.231. The standard InChI is InChI=1S/C23H28BrN3O2S2/c1-26(2)13-5-14-27(23-25-20-12-7-17(24)16-21(20)31-23)22(28)6-4-15-30-19-10-8-18(29-3)9-11-19/h7-12,16H,4-6,13-15H2,1-3H3. The number of anilines is 1. The molecule has 3 rings (SSSR count). The summed E-state index contributed by atoms with van der Waals surface area (Å²) in [4.78, 5) is 23.0. The van der Waals surface area contributed by atoms with Crippen LogP contribution in [0.3, 0.4) is 0 Å². The number of hydrogen-bond acceptors (Lipinski definition) is 6. The number of halogens is 1. The molecule has 0 atom stereocenters. The van der Waals surface area contributed by atoms with Gasteiger partial charge in [0, 0.05) is 22.3 Å². The van der Waals surface area contributed by atoms with Crippen LogP contribution in [0.2, 0.25) is 0 Å². The predicted octanol–water partition coefficient (Wildman–Crippen LogP) is 5.92. The van der Waals surface area contributed by atoms with Crippen molar-refractivity contribution in [1.82, 2.24) is 9.88 Å². The predicted molar refractivity (Wildman–Crippen MR) is 136 cm³/mol. The van der Waals surface area contributed by atoms with Crippen LogP contribution in [0, 0.1) is 0 Å². The Hall–Kier alpha value is -1.61. The molecule has 0 fully saturated rings. The summed E-state index contributed by atoms with van der Waals surface area (Å²) in [5.74, 6) is 1.90. The van der Waals surface area contributed by atoms with Gasteiger partial charge in [0.15, 0.2) is 5.13 Å². The first kappa shape index (κ1) is 24.0. The lowest BCUT2D eigenvalue weighted by molar-refractivity contribution is -0.118. The second-order valence-corrected chi connectivity index (χ2v) is 10.5. The van der Waals surface area contributed by atoms with Gasteiger partial charge in [-0.25, -0.2) is 4.98 Å². The van der Waals surface area contributed by atoms with E-state index < -0.39 is 0 Å². The molecule has 0 bridgehead atoms. The first-order chi connectivity index (χ1) is 15.0. The topological polar surface area (TPSA) is 45.7 Å². The first-order valence-corrected chi connectivity index (χ1v) is 12.8. The van der Waals surface area contributed by atoms with E-state index in [4.69, 9.17) is 9.72 Å². The van der Waals surface area contributed by atoms with E-state index in [0.717, 1.165) is 50.7 Å². The zero-order chi connectivity index (χ0) is 22.2. The van der Waals surface area contributed by atoms with Crippen LogP contribution in [0.25, 0.3) is 10.2 Å². The summed E-state index contributed by atoms with van der Waals surface area (Å²) in [5, 5.41) is 0.791. The minimum absolute atomic E-state index is 0.146. The number of thiazole rings is 1. The molecule has 0 aliphatic rings. The molecule has 31 heavy (non-hydrogen) atoms. The van der Waals surface area contributed by atoms with Gasteiger partial charge in [-0.1, -0.05) is 27.3 Å². The number of hydrogen-bond donors (Lipinski definition) is 0. The summed E-state index contributed by atoms with van der Waals surface area (Å²) in [6, 6.07) is 14.1. The monoisotopic (exact) mass is 521 g/mol. The van der Waals surface area contributed by atoms with Gasteiger partial charge in [-0.15, -0.1) is 11.8 Å². The van der Waals surface area contributed by atoms with Crippen molar-refractivity contribution in [3.8, 4) is 5.75 Å². The molecule has 0 spiro atoms. The SMILES string of the molecule is COc1ccc(SCCCC(=O)N(CCCN(C)C)c2nc3ccc(Br)cc3s2)cc1. The van der Waals surface area contributed by atoms with Crippen LogP contribution in [0.1, 0.15) is 19.3 Å². The third-order valence-electron chi connectivity index (χ3n) is 4.72. The third kappa shape index (κ3) is 7.20. The second kappa shape index (κ2) is 11.9. The number of rotatable bonds is 11. The summed E-state index contributed by atoms with van der Waals surface area (Å²) in [6.45, 7) is 1.62. The normalized spacial score (nSPS) is 11.3. The van der Waals surface area contributed by atoms with Crippen LogP contribution >= 0.6 is 39.0 Å². The largest absolute Gasteiger partial charge is 0.497 e. The highest BCUT2D eigenvalue weighted by molar-refractivity contribution is 9.10. The molecule has 166 valence electrons. The molecular weight excluding hydrogens is 494 g/mol. The summed E-state index contributed by atoms with van der Waals surface area (Å²) in [6.07, 6.45) is 2.26. The lowest BCUT2D eigenvalue weighted by atomic mass is 10.3. The fourth-order valence-corrected chi connectivity index (χ4v) is 5.51. The highest BCUT2D eigenvalue weighted by atomic mass is 79.9. The van der Waals surface area contributed by atoms with Crippen molar-refractivity contribution in [1.29, 1.82) is 0 Å². The van der Waals surface area contributed by atoms with E-state index in [-0.39, 0.29) is 5.91 Å². The Morgan fingerprint density at radius 1 is 1.13 bits per heavy atom. The zero-order valence-electron chi connectivity index (χ0n) is 18.1. The van der Waals surface area contributed by atoms with Gasteiger partial charge in [0.1, 0.15) is 5.75 Å². The molecule has 2 aromatic carbocycles. The molecule has 8 heteroatoms. The molecule has 0 radical (unpaired) electrons. The van der Waals surface area contributed by atoms with Crippen molar-refractivity contribution in [2.45, 2.75) is 24.2 Å². The molecular formula is C23H28BrN3O2S2. The molecule has 0 saturated heterocycles. The van der Waals surface area contributed by atoms with E-state index in [9.17, 15) is 4.79 Å². The van der Waals surface area contributed by atoms with Crippen molar-refractivity contribution in [2.24, 2.45) is 0 Å². The second-order valence-electron chi connectivity index (χ2n) is 7.44.